The third-order valence-electron chi connectivity index (χ3n) is 3.60. The molecule has 0 radical (unpaired) electrons. The smallest absolute Gasteiger partial charge is 0.212 e. The van der Waals surface area contributed by atoms with Crippen LogP contribution < -0.4 is 0 Å². The van der Waals surface area contributed by atoms with E-state index in [4.69, 9.17) is 0 Å². The van der Waals surface area contributed by atoms with Crippen molar-refractivity contribution in [2.75, 3.05) is 7.05 Å². The van der Waals surface area contributed by atoms with Gasteiger partial charge in [-0.3, -0.25) is 0 Å². The van der Waals surface area contributed by atoms with E-state index in [1.54, 1.807) is 20.9 Å². The van der Waals surface area contributed by atoms with Crippen molar-refractivity contribution in [3.05, 3.63) is 0 Å². The van der Waals surface area contributed by atoms with Gasteiger partial charge in [0.25, 0.3) is 0 Å². The zero-order valence-electron chi connectivity index (χ0n) is 11.2. The maximum Gasteiger partial charge on any atom is 0.216 e. The Morgan fingerprint density at radius 3 is 1.53 bits per heavy atom. The molecule has 4 heteroatoms. The molecule has 0 aromatic rings. The Labute approximate surface area is 94.9 Å². The Balaban J connectivity index is 5.29. The van der Waals surface area contributed by atoms with Crippen molar-refractivity contribution in [1.82, 2.24) is 4.31 Å². The van der Waals surface area contributed by atoms with E-state index in [-0.39, 0.29) is 10.7 Å². The van der Waals surface area contributed by atoms with Crippen molar-refractivity contribution in [1.29, 1.82) is 0 Å². The molecule has 0 rings (SSSR count). The highest BCUT2D eigenvalue weighted by Crippen LogP contribution is 2.36. The third kappa shape index (κ3) is 2.72. The fourth-order valence-electron chi connectivity index (χ4n) is 1.11. The molecule has 0 aliphatic rings. The van der Waals surface area contributed by atoms with Crippen molar-refractivity contribution in [3.63, 3.8) is 0 Å². The molecule has 0 unspecified atom stereocenters. The molecule has 0 fully saturated rings. The van der Waals surface area contributed by atoms with Crippen molar-refractivity contribution >= 4 is 10.0 Å². The van der Waals surface area contributed by atoms with E-state index >= 15 is 0 Å². The van der Waals surface area contributed by atoms with Crippen LogP contribution >= 0.6 is 0 Å². The van der Waals surface area contributed by atoms with Crippen LogP contribution in [0, 0.1) is 5.41 Å². The average Bonchev–Trinajstić information content (AvgIpc) is 2.00. The lowest BCUT2D eigenvalue weighted by molar-refractivity contribution is 0.108. The zero-order valence-corrected chi connectivity index (χ0v) is 12.1. The molecule has 0 amide bonds. The van der Waals surface area contributed by atoms with E-state index in [0.717, 1.165) is 0 Å². The van der Waals surface area contributed by atoms with Gasteiger partial charge in [-0.2, -0.15) is 4.31 Å². The van der Waals surface area contributed by atoms with E-state index in [0.29, 0.717) is 0 Å². The Morgan fingerprint density at radius 1 is 1.00 bits per heavy atom. The molecule has 0 saturated heterocycles. The molecule has 3 nitrogen and oxygen atoms in total. The second kappa shape index (κ2) is 4.06. The van der Waals surface area contributed by atoms with Crippen molar-refractivity contribution < 1.29 is 8.42 Å². The molecule has 92 valence electrons. The van der Waals surface area contributed by atoms with E-state index in [1.807, 2.05) is 13.8 Å². The SMILES string of the molecule is CC(C)S(=O)(=O)N(C)C(C)(C)C(C)(C)C. The molecule has 0 spiro atoms. The summed E-state index contributed by atoms with van der Waals surface area (Å²) in [5.74, 6) is 0. The molecule has 0 heterocycles. The third-order valence-corrected chi connectivity index (χ3v) is 6.01. The zero-order chi connectivity index (χ0) is 12.7. The van der Waals surface area contributed by atoms with E-state index in [2.05, 4.69) is 20.8 Å². The number of hydrogen-bond acceptors (Lipinski definition) is 2. The lowest BCUT2D eigenvalue weighted by Crippen LogP contribution is -2.54. The summed E-state index contributed by atoms with van der Waals surface area (Å²) in [6, 6.07) is 0. The maximum absolute atomic E-state index is 12.0. The Hall–Kier alpha value is -0.0900. The van der Waals surface area contributed by atoms with Crippen molar-refractivity contribution in [2.24, 2.45) is 5.41 Å². The minimum atomic E-state index is -3.18. The lowest BCUT2D eigenvalue weighted by atomic mass is 9.76. The molecule has 0 aliphatic heterocycles. The molecule has 0 N–H and O–H groups in total. The van der Waals surface area contributed by atoms with Crippen LogP contribution in [0.15, 0.2) is 0 Å². The van der Waals surface area contributed by atoms with E-state index < -0.39 is 15.6 Å². The first kappa shape index (κ1) is 14.9. The number of rotatable bonds is 3. The van der Waals surface area contributed by atoms with Gasteiger partial charge in [0.2, 0.25) is 10.0 Å². The van der Waals surface area contributed by atoms with Gasteiger partial charge >= 0.3 is 0 Å². The molecule has 0 atom stereocenters. The number of hydrogen-bond donors (Lipinski definition) is 0. The normalized spacial score (nSPS) is 15.1. The van der Waals surface area contributed by atoms with Gasteiger partial charge in [0.05, 0.1) is 5.25 Å². The topological polar surface area (TPSA) is 37.4 Å². The quantitative estimate of drug-likeness (QED) is 0.753. The van der Waals surface area contributed by atoms with Gasteiger partial charge in [0.15, 0.2) is 0 Å². The van der Waals surface area contributed by atoms with Crippen LogP contribution in [-0.2, 0) is 10.0 Å². The van der Waals surface area contributed by atoms with Crippen molar-refractivity contribution in [3.8, 4) is 0 Å². The van der Waals surface area contributed by atoms with Gasteiger partial charge in [-0.15, -0.1) is 0 Å². The summed E-state index contributed by atoms with van der Waals surface area (Å²) in [7, 11) is -1.52. The van der Waals surface area contributed by atoms with Crippen LogP contribution in [-0.4, -0.2) is 30.6 Å². The van der Waals surface area contributed by atoms with Gasteiger partial charge in [-0.25, -0.2) is 8.42 Å². The molecule has 0 bridgehead atoms. The molecular formula is C11H25NO2S. The summed E-state index contributed by atoms with van der Waals surface area (Å²) in [5, 5.41) is -0.371. The van der Waals surface area contributed by atoms with Crippen LogP contribution in [0.2, 0.25) is 0 Å². The van der Waals surface area contributed by atoms with Crippen LogP contribution in [0.5, 0.6) is 0 Å². The second-order valence-electron chi connectivity index (χ2n) is 5.87. The largest absolute Gasteiger partial charge is 0.216 e. The highest BCUT2D eigenvalue weighted by molar-refractivity contribution is 7.89. The molecular weight excluding hydrogens is 210 g/mol. The summed E-state index contributed by atoms with van der Waals surface area (Å²) in [6.07, 6.45) is 0. The minimum Gasteiger partial charge on any atom is -0.212 e. The molecule has 0 aromatic heterocycles. The summed E-state index contributed by atoms with van der Waals surface area (Å²) in [6.45, 7) is 13.5. The standard InChI is InChI=1S/C11H25NO2S/c1-9(2)15(13,14)12(8)11(6,7)10(3,4)5/h9H,1-8H3. The predicted octanol–water partition coefficient (Wildman–Crippen LogP) is 2.48. The minimum absolute atomic E-state index is 0.0935. The van der Waals surface area contributed by atoms with Gasteiger partial charge < -0.3 is 0 Å². The van der Waals surface area contributed by atoms with Gasteiger partial charge in [0, 0.05) is 12.6 Å². The fourth-order valence-corrected chi connectivity index (χ4v) is 2.65. The summed E-state index contributed by atoms with van der Waals surface area (Å²) < 4.78 is 25.6. The summed E-state index contributed by atoms with van der Waals surface area (Å²) in [4.78, 5) is 0. The first-order valence-electron chi connectivity index (χ1n) is 5.33. The van der Waals surface area contributed by atoms with Crippen LogP contribution in [0.25, 0.3) is 0 Å². The number of sulfonamides is 1. The highest BCUT2D eigenvalue weighted by Gasteiger charge is 2.42. The first-order chi connectivity index (χ1) is 6.35. The fraction of sp³-hybridized carbons (Fsp3) is 1.00. The Bertz CT molecular complexity index is 310. The van der Waals surface area contributed by atoms with Crippen LogP contribution in [0.4, 0.5) is 0 Å². The monoisotopic (exact) mass is 235 g/mol. The predicted molar refractivity (Wildman–Crippen MR) is 65.4 cm³/mol. The van der Waals surface area contributed by atoms with E-state index in [9.17, 15) is 8.42 Å². The second-order valence-corrected chi connectivity index (χ2v) is 8.39. The van der Waals surface area contributed by atoms with Crippen molar-refractivity contribution in [2.45, 2.75) is 59.3 Å². The Kier molecular flexibility index (Phi) is 4.03. The number of nitrogens with zero attached hydrogens (tertiary/aromatic N) is 1. The van der Waals surface area contributed by atoms with Crippen LogP contribution in [0.1, 0.15) is 48.5 Å². The highest BCUT2D eigenvalue weighted by atomic mass is 32.2. The molecule has 15 heavy (non-hydrogen) atoms. The molecule has 0 aromatic carbocycles. The van der Waals surface area contributed by atoms with Crippen LogP contribution in [0.3, 0.4) is 0 Å². The average molecular weight is 235 g/mol. The lowest BCUT2D eigenvalue weighted by Gasteiger charge is -2.45. The molecule has 0 aliphatic carbocycles. The van der Waals surface area contributed by atoms with Gasteiger partial charge in [0.1, 0.15) is 0 Å². The molecule has 0 saturated carbocycles. The Morgan fingerprint density at radius 2 is 1.33 bits per heavy atom. The maximum atomic E-state index is 12.0. The first-order valence-corrected chi connectivity index (χ1v) is 6.83. The summed E-state index contributed by atoms with van der Waals surface area (Å²) >= 11 is 0. The van der Waals surface area contributed by atoms with E-state index in [1.165, 1.54) is 4.31 Å². The van der Waals surface area contributed by atoms with Gasteiger partial charge in [-0.1, -0.05) is 20.8 Å². The summed E-state index contributed by atoms with van der Waals surface area (Å²) in [5.41, 5.74) is -0.486. The van der Waals surface area contributed by atoms with Gasteiger partial charge in [-0.05, 0) is 33.1 Å².